The number of hydrogen-bond donors (Lipinski definition) is 3. The van der Waals surface area contributed by atoms with Crippen molar-refractivity contribution in [2.45, 2.75) is 32.7 Å². The van der Waals surface area contributed by atoms with Gasteiger partial charge in [0.2, 0.25) is 5.91 Å². The number of nitrogen functional groups attached to an aromatic ring is 1. The number of nitrogens with two attached hydrogens (primary N) is 1. The van der Waals surface area contributed by atoms with Crippen LogP contribution in [0.15, 0.2) is 18.2 Å². The molecule has 0 radical (unpaired) electrons. The van der Waals surface area contributed by atoms with E-state index in [2.05, 4.69) is 5.32 Å². The second kappa shape index (κ2) is 7.64. The van der Waals surface area contributed by atoms with Gasteiger partial charge in [-0.05, 0) is 38.1 Å². The van der Waals surface area contributed by atoms with Crippen LogP contribution in [0.3, 0.4) is 0 Å². The maximum absolute atomic E-state index is 12.1. The van der Waals surface area contributed by atoms with Crippen molar-refractivity contribution in [2.75, 3.05) is 24.6 Å². The molecule has 0 saturated heterocycles. The molecular weight excluding hydrogens is 270 g/mol. The number of carboxylic acid groups (broad SMARTS) is 1. The third-order valence-corrected chi connectivity index (χ3v) is 3.51. The van der Waals surface area contributed by atoms with Crippen LogP contribution in [0.1, 0.15) is 25.8 Å². The second-order valence-electron chi connectivity index (χ2n) is 5.06. The van der Waals surface area contributed by atoms with Gasteiger partial charge in [-0.25, -0.2) is 0 Å². The molecule has 0 fully saturated rings. The van der Waals surface area contributed by atoms with Crippen molar-refractivity contribution in [3.05, 3.63) is 23.8 Å². The predicted molar refractivity (Wildman–Crippen MR) is 83.2 cm³/mol. The number of rotatable bonds is 7. The van der Waals surface area contributed by atoms with Crippen LogP contribution in [0.4, 0.5) is 11.4 Å². The normalized spacial score (nSPS) is 12.2. The lowest BCUT2D eigenvalue weighted by Crippen LogP contribution is -2.40. The molecule has 6 heteroatoms. The topological polar surface area (TPSA) is 95.7 Å². The molecule has 1 atom stereocenters. The summed E-state index contributed by atoms with van der Waals surface area (Å²) >= 11 is 0. The van der Waals surface area contributed by atoms with Crippen molar-refractivity contribution < 1.29 is 14.7 Å². The van der Waals surface area contributed by atoms with E-state index < -0.39 is 12.0 Å². The molecule has 0 heterocycles. The first-order chi connectivity index (χ1) is 9.85. The monoisotopic (exact) mass is 293 g/mol. The van der Waals surface area contributed by atoms with Crippen LogP contribution in [0.25, 0.3) is 0 Å². The fraction of sp³-hybridized carbons (Fsp3) is 0.467. The molecule has 0 saturated carbocycles. The molecule has 1 amide bonds. The molecule has 0 aliphatic heterocycles. The quantitative estimate of drug-likeness (QED) is 0.663. The first-order valence-electron chi connectivity index (χ1n) is 6.96. The summed E-state index contributed by atoms with van der Waals surface area (Å²) in [5.41, 5.74) is 8.24. The van der Waals surface area contributed by atoms with E-state index in [0.717, 1.165) is 12.0 Å². The number of aryl methyl sites for hydroxylation is 1. The van der Waals surface area contributed by atoms with Crippen LogP contribution in [-0.4, -0.2) is 41.5 Å². The largest absolute Gasteiger partial charge is 0.481 e. The molecule has 0 aliphatic carbocycles. The summed E-state index contributed by atoms with van der Waals surface area (Å²) in [6.07, 6.45) is 0.848. The molecular formula is C15H23N3O3. The van der Waals surface area contributed by atoms with Gasteiger partial charge in [-0.3, -0.25) is 14.5 Å². The number of carboxylic acids is 1. The predicted octanol–water partition coefficient (Wildman–Crippen LogP) is 1.56. The minimum absolute atomic E-state index is 0.00622. The van der Waals surface area contributed by atoms with Gasteiger partial charge in [0.1, 0.15) is 0 Å². The Balaban J connectivity index is 2.63. The number of carbonyl (C=O) groups is 2. The summed E-state index contributed by atoms with van der Waals surface area (Å²) in [4.78, 5) is 24.4. The van der Waals surface area contributed by atoms with Crippen molar-refractivity contribution in [1.82, 2.24) is 4.90 Å². The molecule has 6 nitrogen and oxygen atoms in total. The van der Waals surface area contributed by atoms with E-state index in [1.54, 1.807) is 24.9 Å². The van der Waals surface area contributed by atoms with Crippen LogP contribution < -0.4 is 11.1 Å². The van der Waals surface area contributed by atoms with Gasteiger partial charge in [-0.2, -0.15) is 0 Å². The first kappa shape index (κ1) is 17.0. The highest BCUT2D eigenvalue weighted by atomic mass is 16.4. The van der Waals surface area contributed by atoms with E-state index in [1.807, 2.05) is 19.1 Å². The number of benzene rings is 1. The van der Waals surface area contributed by atoms with Crippen LogP contribution in [0.5, 0.6) is 0 Å². The molecule has 4 N–H and O–H groups in total. The molecule has 0 spiro atoms. The minimum Gasteiger partial charge on any atom is -0.481 e. The summed E-state index contributed by atoms with van der Waals surface area (Å²) in [5.74, 6) is -1.07. The zero-order chi connectivity index (χ0) is 16.0. The number of carbonyl (C=O) groups excluding carboxylic acids is 1. The highest BCUT2D eigenvalue weighted by molar-refractivity contribution is 5.95. The summed E-state index contributed by atoms with van der Waals surface area (Å²) in [5, 5.41) is 11.5. The highest BCUT2D eigenvalue weighted by Crippen LogP contribution is 2.18. The van der Waals surface area contributed by atoms with Gasteiger partial charge in [-0.1, -0.05) is 13.0 Å². The van der Waals surface area contributed by atoms with Crippen molar-refractivity contribution >= 4 is 23.3 Å². The SMILES string of the molecule is CCc1ccc(NC(=O)C(C)N(C)CCC(=O)O)cc1N. The third-order valence-electron chi connectivity index (χ3n) is 3.51. The lowest BCUT2D eigenvalue weighted by atomic mass is 10.1. The standard InChI is InChI=1S/C15H23N3O3/c1-4-11-5-6-12(9-13(11)16)17-15(21)10(2)18(3)8-7-14(19)20/h5-6,9-10H,4,7-8,16H2,1-3H3,(H,17,21)(H,19,20). The van der Waals surface area contributed by atoms with Gasteiger partial charge in [0.05, 0.1) is 12.5 Å². The van der Waals surface area contributed by atoms with Crippen molar-refractivity contribution in [3.8, 4) is 0 Å². The fourth-order valence-corrected chi connectivity index (χ4v) is 1.91. The highest BCUT2D eigenvalue weighted by Gasteiger charge is 2.18. The minimum atomic E-state index is -0.877. The van der Waals surface area contributed by atoms with Crippen molar-refractivity contribution in [1.29, 1.82) is 0 Å². The summed E-state index contributed by atoms with van der Waals surface area (Å²) < 4.78 is 0. The smallest absolute Gasteiger partial charge is 0.304 e. The van der Waals surface area contributed by atoms with E-state index in [4.69, 9.17) is 10.8 Å². The lowest BCUT2D eigenvalue weighted by Gasteiger charge is -2.23. The molecule has 0 aromatic heterocycles. The van der Waals surface area contributed by atoms with E-state index in [9.17, 15) is 9.59 Å². The Morgan fingerprint density at radius 1 is 1.43 bits per heavy atom. The average molecular weight is 293 g/mol. The van der Waals surface area contributed by atoms with Gasteiger partial charge >= 0.3 is 5.97 Å². The molecule has 0 aliphatic rings. The Kier molecular flexibility index (Phi) is 6.17. The van der Waals surface area contributed by atoms with Crippen LogP contribution >= 0.6 is 0 Å². The maximum Gasteiger partial charge on any atom is 0.304 e. The van der Waals surface area contributed by atoms with E-state index in [-0.39, 0.29) is 12.3 Å². The summed E-state index contributed by atoms with van der Waals surface area (Å²) in [6, 6.07) is 5.03. The van der Waals surface area contributed by atoms with Gasteiger partial charge in [0, 0.05) is 17.9 Å². The Hall–Kier alpha value is -2.08. The van der Waals surface area contributed by atoms with Crippen LogP contribution in [-0.2, 0) is 16.0 Å². The Labute approximate surface area is 124 Å². The third kappa shape index (κ3) is 5.07. The van der Waals surface area contributed by atoms with Gasteiger partial charge in [0.15, 0.2) is 0 Å². The number of hydrogen-bond acceptors (Lipinski definition) is 4. The molecule has 1 rings (SSSR count). The number of nitrogens with one attached hydrogen (secondary N) is 1. The van der Waals surface area contributed by atoms with E-state index in [0.29, 0.717) is 17.9 Å². The van der Waals surface area contributed by atoms with Crippen LogP contribution in [0.2, 0.25) is 0 Å². The van der Waals surface area contributed by atoms with Gasteiger partial charge in [-0.15, -0.1) is 0 Å². The van der Waals surface area contributed by atoms with Gasteiger partial charge in [0.25, 0.3) is 0 Å². The Morgan fingerprint density at radius 2 is 2.10 bits per heavy atom. The second-order valence-corrected chi connectivity index (χ2v) is 5.06. The number of aliphatic carboxylic acids is 1. The molecule has 116 valence electrons. The first-order valence-corrected chi connectivity index (χ1v) is 6.96. The number of amides is 1. The zero-order valence-corrected chi connectivity index (χ0v) is 12.7. The summed E-state index contributed by atoms with van der Waals surface area (Å²) in [7, 11) is 1.72. The molecule has 1 aromatic rings. The molecule has 1 aromatic carbocycles. The summed E-state index contributed by atoms with van der Waals surface area (Å²) in [6.45, 7) is 4.07. The van der Waals surface area contributed by atoms with Crippen molar-refractivity contribution in [2.24, 2.45) is 0 Å². The van der Waals surface area contributed by atoms with E-state index in [1.165, 1.54) is 0 Å². The Bertz CT molecular complexity index is 517. The van der Waals surface area contributed by atoms with Crippen molar-refractivity contribution in [3.63, 3.8) is 0 Å². The lowest BCUT2D eigenvalue weighted by molar-refractivity contribution is -0.137. The number of nitrogens with zero attached hydrogens (tertiary/aromatic N) is 1. The van der Waals surface area contributed by atoms with Gasteiger partial charge < -0.3 is 16.2 Å². The van der Waals surface area contributed by atoms with E-state index >= 15 is 0 Å². The number of likely N-dealkylation sites (N-methyl/N-ethyl adjacent to an activating group) is 1. The fourth-order valence-electron chi connectivity index (χ4n) is 1.91. The molecule has 0 bridgehead atoms. The van der Waals surface area contributed by atoms with Crippen LogP contribution in [0, 0.1) is 0 Å². The molecule has 1 unspecified atom stereocenters. The maximum atomic E-state index is 12.1. The number of anilines is 2. The zero-order valence-electron chi connectivity index (χ0n) is 12.7. The molecule has 21 heavy (non-hydrogen) atoms. The Morgan fingerprint density at radius 3 is 2.62 bits per heavy atom. The average Bonchev–Trinajstić information content (AvgIpc) is 2.44.